The summed E-state index contributed by atoms with van der Waals surface area (Å²) in [5.41, 5.74) is 0.904. The highest BCUT2D eigenvalue weighted by atomic mass is 16.5. The standard InChI is InChI=1S/C16H25NO3/c1-3-19-14-8-6-13(7-9-14)16(18)12(2)17-11-15-5-4-10-20-15/h6-9,12,15-18H,3-5,10-11H2,1-2H3. The molecule has 4 heteroatoms. The van der Waals surface area contributed by atoms with Gasteiger partial charge in [0.05, 0.1) is 18.8 Å². The van der Waals surface area contributed by atoms with Crippen LogP contribution in [-0.2, 0) is 4.74 Å². The van der Waals surface area contributed by atoms with Crippen LogP contribution in [-0.4, -0.2) is 37.0 Å². The number of hydrogen-bond donors (Lipinski definition) is 2. The molecule has 0 saturated carbocycles. The third-order valence-electron chi connectivity index (χ3n) is 3.70. The van der Waals surface area contributed by atoms with Gasteiger partial charge in [0.1, 0.15) is 5.75 Å². The Kier molecular flexibility index (Phi) is 5.83. The number of aliphatic hydroxyl groups is 1. The number of ether oxygens (including phenoxy) is 2. The Bertz CT molecular complexity index is 387. The summed E-state index contributed by atoms with van der Waals surface area (Å²) in [6.45, 7) is 6.27. The summed E-state index contributed by atoms with van der Waals surface area (Å²) in [7, 11) is 0. The van der Waals surface area contributed by atoms with Crippen molar-refractivity contribution in [2.45, 2.75) is 44.9 Å². The molecule has 1 aromatic rings. The van der Waals surface area contributed by atoms with Crippen molar-refractivity contribution in [3.05, 3.63) is 29.8 Å². The van der Waals surface area contributed by atoms with Gasteiger partial charge in [0.2, 0.25) is 0 Å². The van der Waals surface area contributed by atoms with Gasteiger partial charge in [0.15, 0.2) is 0 Å². The van der Waals surface area contributed by atoms with Crippen molar-refractivity contribution in [3.63, 3.8) is 0 Å². The molecule has 0 aliphatic carbocycles. The summed E-state index contributed by atoms with van der Waals surface area (Å²) in [6, 6.07) is 7.63. The predicted octanol–water partition coefficient (Wildman–Crippen LogP) is 2.28. The highest BCUT2D eigenvalue weighted by molar-refractivity contribution is 5.29. The second kappa shape index (κ2) is 7.62. The summed E-state index contributed by atoms with van der Waals surface area (Å²) in [5, 5.41) is 13.7. The SMILES string of the molecule is CCOc1ccc(C(O)C(C)NCC2CCCO2)cc1. The van der Waals surface area contributed by atoms with E-state index in [2.05, 4.69) is 5.32 Å². The van der Waals surface area contributed by atoms with Gasteiger partial charge in [-0.2, -0.15) is 0 Å². The van der Waals surface area contributed by atoms with Crippen molar-refractivity contribution >= 4 is 0 Å². The van der Waals surface area contributed by atoms with Gasteiger partial charge in [-0.05, 0) is 44.4 Å². The molecule has 3 atom stereocenters. The maximum Gasteiger partial charge on any atom is 0.119 e. The van der Waals surface area contributed by atoms with E-state index in [-0.39, 0.29) is 6.04 Å². The van der Waals surface area contributed by atoms with Crippen molar-refractivity contribution in [1.29, 1.82) is 0 Å². The summed E-state index contributed by atoms with van der Waals surface area (Å²) >= 11 is 0. The molecule has 1 aliphatic rings. The maximum absolute atomic E-state index is 10.3. The van der Waals surface area contributed by atoms with Gasteiger partial charge in [-0.25, -0.2) is 0 Å². The van der Waals surface area contributed by atoms with Gasteiger partial charge in [0, 0.05) is 19.2 Å². The van der Waals surface area contributed by atoms with Crippen molar-refractivity contribution in [3.8, 4) is 5.75 Å². The average molecular weight is 279 g/mol. The van der Waals surface area contributed by atoms with Crippen molar-refractivity contribution < 1.29 is 14.6 Å². The summed E-state index contributed by atoms with van der Waals surface area (Å²) in [6.07, 6.45) is 2.03. The lowest BCUT2D eigenvalue weighted by molar-refractivity contribution is 0.0910. The first-order valence-electron chi connectivity index (χ1n) is 7.46. The van der Waals surface area contributed by atoms with Gasteiger partial charge in [0.25, 0.3) is 0 Å². The Morgan fingerprint density at radius 1 is 1.40 bits per heavy atom. The molecule has 0 amide bonds. The maximum atomic E-state index is 10.3. The number of aliphatic hydroxyl groups excluding tert-OH is 1. The first-order valence-corrected chi connectivity index (χ1v) is 7.46. The highest BCUT2D eigenvalue weighted by Gasteiger charge is 2.20. The Hall–Kier alpha value is -1.10. The van der Waals surface area contributed by atoms with E-state index in [0.717, 1.165) is 37.3 Å². The second-order valence-corrected chi connectivity index (χ2v) is 5.28. The monoisotopic (exact) mass is 279 g/mol. The van der Waals surface area contributed by atoms with Crippen LogP contribution in [0.3, 0.4) is 0 Å². The molecule has 2 N–H and O–H groups in total. The van der Waals surface area contributed by atoms with Crippen LogP contribution in [0.4, 0.5) is 0 Å². The topological polar surface area (TPSA) is 50.7 Å². The van der Waals surface area contributed by atoms with Crippen LogP contribution in [0.15, 0.2) is 24.3 Å². The van der Waals surface area contributed by atoms with E-state index in [1.807, 2.05) is 38.1 Å². The molecular formula is C16H25NO3. The van der Waals surface area contributed by atoms with Crippen molar-refractivity contribution in [1.82, 2.24) is 5.32 Å². The summed E-state index contributed by atoms with van der Waals surface area (Å²) in [5.74, 6) is 0.836. The van der Waals surface area contributed by atoms with E-state index in [1.165, 1.54) is 0 Å². The van der Waals surface area contributed by atoms with Crippen LogP contribution >= 0.6 is 0 Å². The third kappa shape index (κ3) is 4.20. The minimum absolute atomic E-state index is 0.00264. The summed E-state index contributed by atoms with van der Waals surface area (Å²) < 4.78 is 11.0. The van der Waals surface area contributed by atoms with Gasteiger partial charge in [-0.15, -0.1) is 0 Å². The zero-order chi connectivity index (χ0) is 14.4. The molecule has 4 nitrogen and oxygen atoms in total. The smallest absolute Gasteiger partial charge is 0.119 e. The molecule has 20 heavy (non-hydrogen) atoms. The Morgan fingerprint density at radius 2 is 2.15 bits per heavy atom. The first kappa shape index (κ1) is 15.3. The Labute approximate surface area is 121 Å². The lowest BCUT2D eigenvalue weighted by Crippen LogP contribution is -2.37. The normalized spacial score (nSPS) is 21.6. The van der Waals surface area contributed by atoms with E-state index < -0.39 is 6.10 Å². The fraction of sp³-hybridized carbons (Fsp3) is 0.625. The molecule has 1 heterocycles. The Balaban J connectivity index is 1.83. The number of hydrogen-bond acceptors (Lipinski definition) is 4. The lowest BCUT2D eigenvalue weighted by Gasteiger charge is -2.22. The number of nitrogens with one attached hydrogen (secondary N) is 1. The van der Waals surface area contributed by atoms with Gasteiger partial charge in [-0.3, -0.25) is 0 Å². The van der Waals surface area contributed by atoms with Crippen LogP contribution < -0.4 is 10.1 Å². The molecule has 0 bridgehead atoms. The van der Waals surface area contributed by atoms with Gasteiger partial charge < -0.3 is 19.9 Å². The van der Waals surface area contributed by atoms with Crippen LogP contribution in [0.25, 0.3) is 0 Å². The lowest BCUT2D eigenvalue weighted by atomic mass is 10.0. The minimum Gasteiger partial charge on any atom is -0.494 e. The molecule has 0 radical (unpaired) electrons. The zero-order valence-electron chi connectivity index (χ0n) is 12.3. The van der Waals surface area contributed by atoms with Crippen LogP contribution in [0.1, 0.15) is 38.4 Å². The average Bonchev–Trinajstić information content (AvgIpc) is 2.98. The fourth-order valence-corrected chi connectivity index (χ4v) is 2.45. The van der Waals surface area contributed by atoms with E-state index in [9.17, 15) is 5.11 Å². The van der Waals surface area contributed by atoms with E-state index in [1.54, 1.807) is 0 Å². The molecule has 1 aliphatic heterocycles. The number of benzene rings is 1. The molecule has 1 fully saturated rings. The first-order chi connectivity index (χ1) is 9.70. The molecular weight excluding hydrogens is 254 g/mol. The molecule has 0 spiro atoms. The zero-order valence-corrected chi connectivity index (χ0v) is 12.3. The largest absolute Gasteiger partial charge is 0.494 e. The van der Waals surface area contributed by atoms with Crippen molar-refractivity contribution in [2.24, 2.45) is 0 Å². The van der Waals surface area contributed by atoms with Crippen LogP contribution in [0, 0.1) is 0 Å². The summed E-state index contributed by atoms with van der Waals surface area (Å²) in [4.78, 5) is 0. The fourth-order valence-electron chi connectivity index (χ4n) is 2.45. The predicted molar refractivity (Wildman–Crippen MR) is 79.0 cm³/mol. The number of rotatable bonds is 7. The van der Waals surface area contributed by atoms with Crippen LogP contribution in [0.5, 0.6) is 5.75 Å². The minimum atomic E-state index is -0.521. The molecule has 1 aromatic carbocycles. The quantitative estimate of drug-likeness (QED) is 0.804. The van der Waals surface area contributed by atoms with Gasteiger partial charge >= 0.3 is 0 Å². The van der Waals surface area contributed by atoms with E-state index >= 15 is 0 Å². The van der Waals surface area contributed by atoms with E-state index in [0.29, 0.717) is 12.7 Å². The highest BCUT2D eigenvalue weighted by Crippen LogP contribution is 2.21. The second-order valence-electron chi connectivity index (χ2n) is 5.28. The molecule has 2 rings (SSSR count). The van der Waals surface area contributed by atoms with Crippen molar-refractivity contribution in [2.75, 3.05) is 19.8 Å². The van der Waals surface area contributed by atoms with Crippen LogP contribution in [0.2, 0.25) is 0 Å². The third-order valence-corrected chi connectivity index (χ3v) is 3.70. The molecule has 3 unspecified atom stereocenters. The molecule has 112 valence electrons. The molecule has 0 aromatic heterocycles. The van der Waals surface area contributed by atoms with E-state index in [4.69, 9.17) is 9.47 Å². The molecule has 1 saturated heterocycles. The van der Waals surface area contributed by atoms with Gasteiger partial charge in [-0.1, -0.05) is 12.1 Å². The Morgan fingerprint density at radius 3 is 2.75 bits per heavy atom.